The van der Waals surface area contributed by atoms with Crippen LogP contribution in [-0.4, -0.2) is 16.9 Å². The normalized spacial score (nSPS) is 10.7. The molecule has 0 spiro atoms. The zero-order valence-corrected chi connectivity index (χ0v) is 15.8. The highest BCUT2D eigenvalue weighted by Gasteiger charge is 2.16. The lowest BCUT2D eigenvalue weighted by atomic mass is 10.1. The van der Waals surface area contributed by atoms with Crippen molar-refractivity contribution in [1.82, 2.24) is 5.16 Å². The molecule has 1 aromatic heterocycles. The number of carbonyl (C=O) groups excluding carboxylic acids is 2. The Balaban J connectivity index is 1.53. The van der Waals surface area contributed by atoms with E-state index in [1.165, 1.54) is 12.1 Å². The average Bonchev–Trinajstić information content (AvgIpc) is 3.06. The number of aromatic nitrogens is 1. The number of hydrogen-bond donors (Lipinski definition) is 0. The number of ketones is 1. The minimum atomic E-state index is -0.506. The molecule has 3 aromatic rings. The Hall–Kier alpha value is -2.99. The molecule has 0 N–H and O–H groups in total. The standard InChI is InChI=1S/C21H17ClFNO4/c1-13-18(24-28-21(13)15-4-8-17(23)9-5-15)12-27-20(26)11-10-19(25)14-2-6-16(22)7-3-14/h2-9H,10-12H2,1H3. The van der Waals surface area contributed by atoms with E-state index in [0.717, 1.165) is 0 Å². The van der Waals surface area contributed by atoms with Crippen LogP contribution in [0.1, 0.15) is 34.5 Å². The van der Waals surface area contributed by atoms with Crippen molar-refractivity contribution in [2.24, 2.45) is 0 Å². The molecule has 0 fully saturated rings. The first kappa shape index (κ1) is 19.8. The lowest BCUT2D eigenvalue weighted by Crippen LogP contribution is -2.08. The van der Waals surface area contributed by atoms with E-state index in [0.29, 0.717) is 33.2 Å². The van der Waals surface area contributed by atoms with Crippen LogP contribution in [0.5, 0.6) is 0 Å². The van der Waals surface area contributed by atoms with Crippen molar-refractivity contribution in [2.45, 2.75) is 26.4 Å². The summed E-state index contributed by atoms with van der Waals surface area (Å²) in [6, 6.07) is 12.3. The Morgan fingerprint density at radius 3 is 2.43 bits per heavy atom. The summed E-state index contributed by atoms with van der Waals surface area (Å²) in [5.74, 6) is -0.523. The van der Waals surface area contributed by atoms with Crippen LogP contribution >= 0.6 is 11.6 Å². The maximum Gasteiger partial charge on any atom is 0.306 e. The van der Waals surface area contributed by atoms with Gasteiger partial charge in [0.1, 0.15) is 18.1 Å². The SMILES string of the molecule is Cc1c(COC(=O)CCC(=O)c2ccc(Cl)cc2)noc1-c1ccc(F)cc1. The van der Waals surface area contributed by atoms with Crippen LogP contribution in [0, 0.1) is 12.7 Å². The lowest BCUT2D eigenvalue weighted by Gasteiger charge is -2.04. The van der Waals surface area contributed by atoms with Gasteiger partial charge in [0.05, 0.1) is 6.42 Å². The van der Waals surface area contributed by atoms with Gasteiger partial charge in [-0.1, -0.05) is 16.8 Å². The molecule has 0 aliphatic rings. The Morgan fingerprint density at radius 1 is 1.07 bits per heavy atom. The molecule has 0 saturated heterocycles. The van der Waals surface area contributed by atoms with E-state index < -0.39 is 5.97 Å². The van der Waals surface area contributed by atoms with Gasteiger partial charge in [0, 0.05) is 28.1 Å². The molecule has 1 heterocycles. The summed E-state index contributed by atoms with van der Waals surface area (Å²) >= 11 is 5.79. The molecule has 5 nitrogen and oxygen atoms in total. The van der Waals surface area contributed by atoms with E-state index >= 15 is 0 Å². The fourth-order valence-corrected chi connectivity index (χ4v) is 2.72. The summed E-state index contributed by atoms with van der Waals surface area (Å²) in [5.41, 5.74) is 2.35. The minimum absolute atomic E-state index is 0.0385. The van der Waals surface area contributed by atoms with Crippen LogP contribution in [0.2, 0.25) is 5.02 Å². The minimum Gasteiger partial charge on any atom is -0.459 e. The van der Waals surface area contributed by atoms with Crippen molar-refractivity contribution in [3.8, 4) is 11.3 Å². The molecule has 0 radical (unpaired) electrons. The predicted octanol–water partition coefficient (Wildman–Crippen LogP) is 5.15. The van der Waals surface area contributed by atoms with E-state index in [1.54, 1.807) is 43.3 Å². The number of esters is 1. The maximum absolute atomic E-state index is 13.0. The van der Waals surface area contributed by atoms with E-state index in [4.69, 9.17) is 20.9 Å². The van der Waals surface area contributed by atoms with Gasteiger partial charge < -0.3 is 9.26 Å². The van der Waals surface area contributed by atoms with Crippen molar-refractivity contribution in [3.63, 3.8) is 0 Å². The Labute approximate surface area is 166 Å². The van der Waals surface area contributed by atoms with E-state index in [2.05, 4.69) is 5.16 Å². The molecule has 0 aliphatic heterocycles. The zero-order chi connectivity index (χ0) is 20.1. The van der Waals surface area contributed by atoms with Gasteiger partial charge in [0.15, 0.2) is 11.5 Å². The third kappa shape index (κ3) is 4.84. The molecule has 0 atom stereocenters. The van der Waals surface area contributed by atoms with Crippen LogP contribution in [0.25, 0.3) is 11.3 Å². The van der Waals surface area contributed by atoms with Gasteiger partial charge in [-0.05, 0) is 55.5 Å². The smallest absolute Gasteiger partial charge is 0.306 e. The van der Waals surface area contributed by atoms with Crippen molar-refractivity contribution < 1.29 is 23.2 Å². The van der Waals surface area contributed by atoms with Gasteiger partial charge in [0.25, 0.3) is 0 Å². The second-order valence-electron chi connectivity index (χ2n) is 6.18. The quantitative estimate of drug-likeness (QED) is 0.404. The number of benzene rings is 2. The fourth-order valence-electron chi connectivity index (χ4n) is 2.59. The van der Waals surface area contributed by atoms with Gasteiger partial charge in [-0.2, -0.15) is 0 Å². The average molecular weight is 402 g/mol. The van der Waals surface area contributed by atoms with Crippen molar-refractivity contribution >= 4 is 23.4 Å². The molecular weight excluding hydrogens is 385 g/mol. The summed E-state index contributed by atoms with van der Waals surface area (Å²) in [7, 11) is 0. The second-order valence-corrected chi connectivity index (χ2v) is 6.62. The fraction of sp³-hybridized carbons (Fsp3) is 0.190. The summed E-state index contributed by atoms with van der Waals surface area (Å²) < 4.78 is 23.5. The molecule has 0 amide bonds. The lowest BCUT2D eigenvalue weighted by molar-refractivity contribution is -0.145. The van der Waals surface area contributed by atoms with Gasteiger partial charge in [-0.25, -0.2) is 4.39 Å². The Kier molecular flexibility index (Phi) is 6.21. The van der Waals surface area contributed by atoms with Gasteiger partial charge in [-0.3, -0.25) is 9.59 Å². The second kappa shape index (κ2) is 8.80. The summed E-state index contributed by atoms with van der Waals surface area (Å²) in [5, 5.41) is 4.45. The highest BCUT2D eigenvalue weighted by molar-refractivity contribution is 6.30. The molecule has 0 bridgehead atoms. The number of halogens is 2. The molecule has 7 heteroatoms. The first-order chi connectivity index (χ1) is 13.4. The van der Waals surface area contributed by atoms with Crippen LogP contribution in [0.3, 0.4) is 0 Å². The number of ether oxygens (including phenoxy) is 1. The van der Waals surface area contributed by atoms with Crippen LogP contribution in [0.4, 0.5) is 4.39 Å². The largest absolute Gasteiger partial charge is 0.459 e. The molecule has 0 saturated carbocycles. The first-order valence-corrected chi connectivity index (χ1v) is 8.97. The third-order valence-corrected chi connectivity index (χ3v) is 4.47. The van der Waals surface area contributed by atoms with Gasteiger partial charge in [-0.15, -0.1) is 0 Å². The highest BCUT2D eigenvalue weighted by Crippen LogP contribution is 2.26. The first-order valence-electron chi connectivity index (χ1n) is 8.59. The van der Waals surface area contributed by atoms with Gasteiger partial charge >= 0.3 is 5.97 Å². The highest BCUT2D eigenvalue weighted by atomic mass is 35.5. The Bertz CT molecular complexity index is 981. The predicted molar refractivity (Wildman–Crippen MR) is 101 cm³/mol. The number of Topliss-reactive ketones (excluding diaryl/α,β-unsaturated/α-hetero) is 1. The summed E-state index contributed by atoms with van der Waals surface area (Å²) in [4.78, 5) is 24.0. The van der Waals surface area contributed by atoms with Crippen molar-refractivity contribution in [1.29, 1.82) is 0 Å². The van der Waals surface area contributed by atoms with E-state index in [9.17, 15) is 14.0 Å². The van der Waals surface area contributed by atoms with Crippen LogP contribution in [0.15, 0.2) is 53.1 Å². The van der Waals surface area contributed by atoms with Crippen molar-refractivity contribution in [2.75, 3.05) is 0 Å². The monoisotopic (exact) mass is 401 g/mol. The Morgan fingerprint density at radius 2 is 1.75 bits per heavy atom. The number of carbonyl (C=O) groups is 2. The molecule has 2 aromatic carbocycles. The van der Waals surface area contributed by atoms with E-state index in [1.807, 2.05) is 0 Å². The van der Waals surface area contributed by atoms with Crippen LogP contribution < -0.4 is 0 Å². The molecule has 0 aliphatic carbocycles. The molecule has 144 valence electrons. The number of hydrogen-bond acceptors (Lipinski definition) is 5. The number of nitrogens with zero attached hydrogens (tertiary/aromatic N) is 1. The van der Waals surface area contributed by atoms with Crippen LogP contribution in [-0.2, 0) is 16.1 Å². The maximum atomic E-state index is 13.0. The van der Waals surface area contributed by atoms with E-state index in [-0.39, 0.29) is 31.0 Å². The van der Waals surface area contributed by atoms with Gasteiger partial charge in [0.2, 0.25) is 0 Å². The summed E-state index contributed by atoms with van der Waals surface area (Å²) in [6.07, 6.45) is 0.00225. The third-order valence-electron chi connectivity index (χ3n) is 4.22. The topological polar surface area (TPSA) is 69.4 Å². The summed E-state index contributed by atoms with van der Waals surface area (Å²) in [6.45, 7) is 1.72. The molecule has 3 rings (SSSR count). The van der Waals surface area contributed by atoms with Crippen molar-refractivity contribution in [3.05, 3.63) is 76.2 Å². The number of rotatable bonds is 7. The molecular formula is C21H17ClFNO4. The zero-order valence-electron chi connectivity index (χ0n) is 15.1. The molecule has 28 heavy (non-hydrogen) atoms. The molecule has 0 unspecified atom stereocenters.